The molecule has 0 spiro atoms. The van der Waals surface area contributed by atoms with Crippen molar-refractivity contribution in [2.24, 2.45) is 5.41 Å². The van der Waals surface area contributed by atoms with Crippen molar-refractivity contribution >= 4 is 15.9 Å². The van der Waals surface area contributed by atoms with E-state index in [1.165, 1.54) is 31.4 Å². The molecule has 0 aromatic heterocycles. The van der Waals surface area contributed by atoms with Crippen molar-refractivity contribution in [1.82, 2.24) is 15.4 Å². The highest BCUT2D eigenvalue weighted by Crippen LogP contribution is 2.26. The van der Waals surface area contributed by atoms with E-state index >= 15 is 0 Å². The SMILES string of the molecule is COCCNS(=O)(=O)c1ccc(C(=O)NCC2(C)CCNCC2)cc1. The Labute approximate surface area is 149 Å². The number of ether oxygens (including phenoxy) is 1. The Kier molecular flexibility index (Phi) is 6.95. The van der Waals surface area contributed by atoms with Crippen LogP contribution in [-0.4, -0.2) is 54.2 Å². The smallest absolute Gasteiger partial charge is 0.251 e. The van der Waals surface area contributed by atoms with Crippen molar-refractivity contribution < 1.29 is 17.9 Å². The van der Waals surface area contributed by atoms with Crippen molar-refractivity contribution in [1.29, 1.82) is 0 Å². The Morgan fingerprint density at radius 2 is 1.88 bits per heavy atom. The average Bonchev–Trinajstić information content (AvgIpc) is 2.61. The number of carbonyl (C=O) groups excluding carboxylic acids is 1. The largest absolute Gasteiger partial charge is 0.383 e. The van der Waals surface area contributed by atoms with E-state index in [4.69, 9.17) is 4.74 Å². The number of hydrogen-bond donors (Lipinski definition) is 3. The van der Waals surface area contributed by atoms with Gasteiger partial charge in [0.2, 0.25) is 10.0 Å². The summed E-state index contributed by atoms with van der Waals surface area (Å²) in [5, 5.41) is 6.28. The van der Waals surface area contributed by atoms with E-state index in [1.54, 1.807) is 0 Å². The fourth-order valence-corrected chi connectivity index (χ4v) is 3.76. The topological polar surface area (TPSA) is 96.5 Å². The van der Waals surface area contributed by atoms with E-state index < -0.39 is 10.0 Å². The fraction of sp³-hybridized carbons (Fsp3) is 0.588. The molecule has 1 heterocycles. The first-order valence-corrected chi connectivity index (χ1v) is 9.92. The Hall–Kier alpha value is -1.48. The molecule has 1 aliphatic heterocycles. The number of carbonyl (C=O) groups is 1. The predicted octanol–water partition coefficient (Wildman–Crippen LogP) is 0.731. The number of benzene rings is 1. The summed E-state index contributed by atoms with van der Waals surface area (Å²) in [5.41, 5.74) is 0.559. The molecule has 25 heavy (non-hydrogen) atoms. The van der Waals surface area contributed by atoms with Gasteiger partial charge in [-0.05, 0) is 55.6 Å². The summed E-state index contributed by atoms with van der Waals surface area (Å²) in [6.45, 7) is 5.23. The molecule has 0 atom stereocenters. The van der Waals surface area contributed by atoms with Crippen LogP contribution in [-0.2, 0) is 14.8 Å². The summed E-state index contributed by atoms with van der Waals surface area (Å²) in [6.07, 6.45) is 2.05. The molecule has 1 aromatic carbocycles. The third-order valence-corrected chi connectivity index (χ3v) is 5.99. The van der Waals surface area contributed by atoms with E-state index in [0.717, 1.165) is 25.9 Å². The molecular formula is C17H27N3O4S. The molecule has 8 heteroatoms. The second-order valence-electron chi connectivity index (χ2n) is 6.66. The van der Waals surface area contributed by atoms with Gasteiger partial charge in [0.1, 0.15) is 0 Å². The number of sulfonamides is 1. The molecule has 1 fully saturated rings. The number of rotatable bonds is 8. The Balaban J connectivity index is 1.93. The molecule has 3 N–H and O–H groups in total. The zero-order valence-corrected chi connectivity index (χ0v) is 15.6. The molecule has 1 aliphatic rings. The highest BCUT2D eigenvalue weighted by atomic mass is 32.2. The van der Waals surface area contributed by atoms with Crippen LogP contribution in [0.3, 0.4) is 0 Å². The van der Waals surface area contributed by atoms with Crippen LogP contribution >= 0.6 is 0 Å². The van der Waals surface area contributed by atoms with Crippen LogP contribution in [0.1, 0.15) is 30.1 Å². The monoisotopic (exact) mass is 369 g/mol. The molecular weight excluding hydrogens is 342 g/mol. The average molecular weight is 369 g/mol. The lowest BCUT2D eigenvalue weighted by molar-refractivity contribution is 0.0922. The summed E-state index contributed by atoms with van der Waals surface area (Å²) in [6, 6.07) is 5.95. The van der Waals surface area contributed by atoms with E-state index in [1.807, 2.05) is 0 Å². The maximum absolute atomic E-state index is 12.3. The second kappa shape index (κ2) is 8.75. The highest BCUT2D eigenvalue weighted by molar-refractivity contribution is 7.89. The lowest BCUT2D eigenvalue weighted by atomic mass is 9.81. The zero-order chi connectivity index (χ0) is 18.3. The Bertz CT molecular complexity index is 668. The molecule has 0 radical (unpaired) electrons. The first kappa shape index (κ1) is 19.8. The van der Waals surface area contributed by atoms with Gasteiger partial charge in [-0.3, -0.25) is 4.79 Å². The van der Waals surface area contributed by atoms with Gasteiger partial charge in [0.05, 0.1) is 11.5 Å². The lowest BCUT2D eigenvalue weighted by Crippen LogP contribution is -2.42. The van der Waals surface area contributed by atoms with Crippen LogP contribution in [0.4, 0.5) is 0 Å². The highest BCUT2D eigenvalue weighted by Gasteiger charge is 2.27. The van der Waals surface area contributed by atoms with Crippen molar-refractivity contribution in [3.05, 3.63) is 29.8 Å². The summed E-state index contributed by atoms with van der Waals surface area (Å²) >= 11 is 0. The molecule has 1 aromatic rings. The Morgan fingerprint density at radius 3 is 2.48 bits per heavy atom. The molecule has 7 nitrogen and oxygen atoms in total. The van der Waals surface area contributed by atoms with Crippen molar-refractivity contribution in [3.8, 4) is 0 Å². The third kappa shape index (κ3) is 5.78. The van der Waals surface area contributed by atoms with Crippen LogP contribution in [0.25, 0.3) is 0 Å². The van der Waals surface area contributed by atoms with Crippen LogP contribution in [0.5, 0.6) is 0 Å². The van der Waals surface area contributed by atoms with E-state index in [2.05, 4.69) is 22.3 Å². The summed E-state index contributed by atoms with van der Waals surface area (Å²) in [4.78, 5) is 12.4. The standard InChI is InChI=1S/C17H27N3O4S/c1-17(7-9-18-10-8-17)13-19-16(21)14-3-5-15(6-4-14)25(22,23)20-11-12-24-2/h3-6,18,20H,7-13H2,1-2H3,(H,19,21). The number of hydrogen-bond acceptors (Lipinski definition) is 5. The van der Waals surface area contributed by atoms with Crippen molar-refractivity contribution in [2.45, 2.75) is 24.7 Å². The van der Waals surface area contributed by atoms with Gasteiger partial charge in [0, 0.05) is 25.8 Å². The van der Waals surface area contributed by atoms with Gasteiger partial charge in [-0.25, -0.2) is 13.1 Å². The van der Waals surface area contributed by atoms with E-state index in [0.29, 0.717) is 18.7 Å². The molecule has 1 amide bonds. The maximum atomic E-state index is 12.3. The minimum atomic E-state index is -3.58. The molecule has 0 unspecified atom stereocenters. The molecule has 140 valence electrons. The minimum absolute atomic E-state index is 0.107. The van der Waals surface area contributed by atoms with Gasteiger partial charge in [-0.15, -0.1) is 0 Å². The van der Waals surface area contributed by atoms with Crippen LogP contribution in [0.2, 0.25) is 0 Å². The van der Waals surface area contributed by atoms with Crippen LogP contribution < -0.4 is 15.4 Å². The first-order chi connectivity index (χ1) is 11.9. The van der Waals surface area contributed by atoms with Gasteiger partial charge in [-0.1, -0.05) is 6.92 Å². The summed E-state index contributed by atoms with van der Waals surface area (Å²) in [5.74, 6) is -0.184. The quantitative estimate of drug-likeness (QED) is 0.587. The van der Waals surface area contributed by atoms with Crippen LogP contribution in [0, 0.1) is 5.41 Å². The first-order valence-electron chi connectivity index (χ1n) is 8.44. The second-order valence-corrected chi connectivity index (χ2v) is 8.43. The van der Waals surface area contributed by atoms with Gasteiger partial charge < -0.3 is 15.4 Å². The normalized spacial score (nSPS) is 17.2. The third-order valence-electron chi connectivity index (χ3n) is 4.51. The molecule has 2 rings (SSSR count). The summed E-state index contributed by atoms with van der Waals surface area (Å²) < 4.78 is 31.4. The van der Waals surface area contributed by atoms with Crippen LogP contribution in [0.15, 0.2) is 29.2 Å². The zero-order valence-electron chi connectivity index (χ0n) is 14.8. The minimum Gasteiger partial charge on any atom is -0.383 e. The molecule has 1 saturated heterocycles. The lowest BCUT2D eigenvalue weighted by Gasteiger charge is -2.34. The number of nitrogens with one attached hydrogen (secondary N) is 3. The molecule has 0 aliphatic carbocycles. The van der Waals surface area contributed by atoms with Crippen molar-refractivity contribution in [2.75, 3.05) is 39.9 Å². The molecule has 0 saturated carbocycles. The van der Waals surface area contributed by atoms with Gasteiger partial charge in [0.15, 0.2) is 0 Å². The number of piperidine rings is 1. The van der Waals surface area contributed by atoms with E-state index in [-0.39, 0.29) is 22.8 Å². The molecule has 0 bridgehead atoms. The fourth-order valence-electron chi connectivity index (χ4n) is 2.75. The Morgan fingerprint density at radius 1 is 1.24 bits per heavy atom. The predicted molar refractivity (Wildman–Crippen MR) is 96.1 cm³/mol. The van der Waals surface area contributed by atoms with Crippen molar-refractivity contribution in [3.63, 3.8) is 0 Å². The summed E-state index contributed by atoms with van der Waals surface area (Å²) in [7, 11) is -2.08. The van der Waals surface area contributed by atoms with Gasteiger partial charge in [-0.2, -0.15) is 0 Å². The van der Waals surface area contributed by atoms with Gasteiger partial charge in [0.25, 0.3) is 5.91 Å². The van der Waals surface area contributed by atoms with Gasteiger partial charge >= 0.3 is 0 Å². The number of methoxy groups -OCH3 is 1. The number of amides is 1. The van der Waals surface area contributed by atoms with E-state index in [9.17, 15) is 13.2 Å². The maximum Gasteiger partial charge on any atom is 0.251 e.